The van der Waals surface area contributed by atoms with E-state index in [0.717, 1.165) is 12.2 Å². The van der Waals surface area contributed by atoms with Crippen LogP contribution in [0.15, 0.2) is 53.6 Å². The molecular formula is C16H8Cl4O4. The summed E-state index contributed by atoms with van der Waals surface area (Å²) in [7, 11) is 0. The number of benzene rings is 1. The number of rotatable bonds is 5. The van der Waals surface area contributed by atoms with Crippen LogP contribution in [0, 0.1) is 5.92 Å². The summed E-state index contributed by atoms with van der Waals surface area (Å²) in [5.41, 5.74) is -2.09. The highest BCUT2D eigenvalue weighted by atomic mass is 35.5. The van der Waals surface area contributed by atoms with E-state index in [1.807, 2.05) is 0 Å². The number of carbonyl (C=O) groups excluding carboxylic acids is 4. The zero-order valence-electron chi connectivity index (χ0n) is 11.8. The Kier molecular flexibility index (Phi) is 5.66. The van der Waals surface area contributed by atoms with Gasteiger partial charge in [-0.15, -0.1) is 0 Å². The number of carbonyl (C=O) groups is 4. The van der Waals surface area contributed by atoms with Gasteiger partial charge in [0.1, 0.15) is 5.41 Å². The molecule has 2 unspecified atom stereocenters. The fraction of sp³-hybridized carbons (Fsp3) is 0.125. The van der Waals surface area contributed by atoms with Crippen LogP contribution in [0.2, 0.25) is 0 Å². The topological polar surface area (TPSA) is 68.3 Å². The summed E-state index contributed by atoms with van der Waals surface area (Å²) in [6, 6.07) is 8.02. The first-order chi connectivity index (χ1) is 11.2. The lowest BCUT2D eigenvalue weighted by molar-refractivity contribution is -0.122. The molecule has 0 bridgehead atoms. The molecule has 0 saturated carbocycles. The normalized spacial score (nSPS) is 23.1. The molecule has 0 fully saturated rings. The van der Waals surface area contributed by atoms with E-state index in [9.17, 15) is 19.2 Å². The zero-order chi connectivity index (χ0) is 18.1. The predicted molar refractivity (Wildman–Crippen MR) is 91.2 cm³/mol. The van der Waals surface area contributed by atoms with Crippen molar-refractivity contribution in [2.24, 2.45) is 5.92 Å². The van der Waals surface area contributed by atoms with E-state index in [1.54, 1.807) is 30.3 Å². The van der Waals surface area contributed by atoms with Gasteiger partial charge >= 0.3 is 0 Å². The maximum Gasteiger partial charge on any atom is 0.252 e. The molecule has 2 atom stereocenters. The number of hydrogen-bond acceptors (Lipinski definition) is 4. The highest BCUT2D eigenvalue weighted by Gasteiger charge is 2.50. The Labute approximate surface area is 157 Å². The maximum absolute atomic E-state index is 12.3. The van der Waals surface area contributed by atoms with Crippen LogP contribution in [0.3, 0.4) is 0 Å². The largest absolute Gasteiger partial charge is 0.281 e. The van der Waals surface area contributed by atoms with Crippen LogP contribution in [0.5, 0.6) is 0 Å². The third kappa shape index (κ3) is 3.20. The Bertz CT molecular complexity index is 798. The molecule has 1 aromatic carbocycles. The molecule has 0 heterocycles. The minimum atomic E-state index is -1.78. The van der Waals surface area contributed by atoms with E-state index < -0.39 is 32.3 Å². The van der Waals surface area contributed by atoms with Crippen LogP contribution >= 0.6 is 46.4 Å². The summed E-state index contributed by atoms with van der Waals surface area (Å²) in [6.07, 6.45) is 2.13. The third-order valence-electron chi connectivity index (χ3n) is 3.73. The molecule has 1 aliphatic rings. The van der Waals surface area contributed by atoms with E-state index in [0.29, 0.717) is 5.56 Å². The highest BCUT2D eigenvalue weighted by molar-refractivity contribution is 6.74. The fourth-order valence-electron chi connectivity index (χ4n) is 2.63. The van der Waals surface area contributed by atoms with E-state index in [2.05, 4.69) is 0 Å². The Morgan fingerprint density at radius 2 is 1.38 bits per heavy atom. The van der Waals surface area contributed by atoms with Gasteiger partial charge in [-0.25, -0.2) is 0 Å². The average Bonchev–Trinajstić information content (AvgIpc) is 2.53. The predicted octanol–water partition coefficient (Wildman–Crippen LogP) is 3.47. The van der Waals surface area contributed by atoms with Crippen molar-refractivity contribution in [2.75, 3.05) is 0 Å². The van der Waals surface area contributed by atoms with Crippen molar-refractivity contribution in [3.63, 3.8) is 0 Å². The maximum atomic E-state index is 12.3. The highest BCUT2D eigenvalue weighted by Crippen LogP contribution is 2.44. The first-order valence-corrected chi connectivity index (χ1v) is 8.02. The third-order valence-corrected chi connectivity index (χ3v) is 4.69. The van der Waals surface area contributed by atoms with Gasteiger partial charge in [-0.3, -0.25) is 19.2 Å². The van der Waals surface area contributed by atoms with Crippen LogP contribution in [-0.2, 0) is 24.6 Å². The van der Waals surface area contributed by atoms with Crippen molar-refractivity contribution in [1.82, 2.24) is 0 Å². The quantitative estimate of drug-likeness (QED) is 0.703. The van der Waals surface area contributed by atoms with E-state index in [-0.39, 0.29) is 11.1 Å². The van der Waals surface area contributed by atoms with Crippen LogP contribution in [0.4, 0.5) is 0 Å². The molecule has 0 amide bonds. The van der Waals surface area contributed by atoms with Gasteiger partial charge in [0.15, 0.2) is 0 Å². The second kappa shape index (κ2) is 7.19. The number of allylic oxidation sites excluding steroid dienone is 4. The van der Waals surface area contributed by atoms with Gasteiger partial charge in [-0.2, -0.15) is 0 Å². The molecule has 1 aromatic rings. The monoisotopic (exact) mass is 404 g/mol. The van der Waals surface area contributed by atoms with Gasteiger partial charge in [0.05, 0.1) is 5.92 Å². The van der Waals surface area contributed by atoms with Gasteiger partial charge < -0.3 is 0 Å². The van der Waals surface area contributed by atoms with Gasteiger partial charge in [-0.1, -0.05) is 42.5 Å². The Hall–Kier alpha value is -1.46. The molecule has 0 radical (unpaired) electrons. The van der Waals surface area contributed by atoms with Gasteiger partial charge in [0.25, 0.3) is 10.5 Å². The van der Waals surface area contributed by atoms with Crippen LogP contribution in [0.25, 0.3) is 0 Å². The second-order valence-electron chi connectivity index (χ2n) is 4.98. The lowest BCUT2D eigenvalue weighted by atomic mass is 9.66. The summed E-state index contributed by atoms with van der Waals surface area (Å²) in [4.78, 5) is 47.5. The summed E-state index contributed by atoms with van der Waals surface area (Å²) in [5, 5.41) is -3.93. The minimum absolute atomic E-state index is 0.305. The molecule has 0 spiro atoms. The van der Waals surface area contributed by atoms with Gasteiger partial charge in [-0.05, 0) is 52.0 Å². The molecule has 124 valence electrons. The van der Waals surface area contributed by atoms with Crippen molar-refractivity contribution < 1.29 is 19.2 Å². The first kappa shape index (κ1) is 18.9. The van der Waals surface area contributed by atoms with Crippen LogP contribution in [0.1, 0.15) is 5.56 Å². The van der Waals surface area contributed by atoms with E-state index in [4.69, 9.17) is 46.4 Å². The Morgan fingerprint density at radius 1 is 0.833 bits per heavy atom. The smallest absolute Gasteiger partial charge is 0.252 e. The summed E-state index contributed by atoms with van der Waals surface area (Å²) in [5.74, 6) is -1.33. The summed E-state index contributed by atoms with van der Waals surface area (Å²) < 4.78 is 0. The SMILES string of the molecule is O=C(Cl)C1=CC(C(=O)Cl)C(C(=O)Cl)(c2ccccc2)C=C1C(=O)Cl. The van der Waals surface area contributed by atoms with Crippen molar-refractivity contribution >= 4 is 67.4 Å². The van der Waals surface area contributed by atoms with Crippen molar-refractivity contribution in [3.8, 4) is 0 Å². The van der Waals surface area contributed by atoms with Crippen LogP contribution in [-0.4, -0.2) is 21.0 Å². The number of halogens is 4. The zero-order valence-corrected chi connectivity index (χ0v) is 14.8. The molecule has 0 saturated heterocycles. The lowest BCUT2D eigenvalue weighted by Gasteiger charge is -2.35. The molecule has 8 heteroatoms. The molecule has 0 N–H and O–H groups in total. The van der Waals surface area contributed by atoms with Crippen molar-refractivity contribution in [1.29, 1.82) is 0 Å². The molecule has 0 aliphatic heterocycles. The molecular weight excluding hydrogens is 398 g/mol. The fourth-order valence-corrected chi connectivity index (χ4v) is 3.47. The molecule has 1 aliphatic carbocycles. The molecule has 0 aromatic heterocycles. The van der Waals surface area contributed by atoms with E-state index >= 15 is 0 Å². The second-order valence-corrected chi connectivity index (χ2v) is 6.38. The first-order valence-electron chi connectivity index (χ1n) is 6.51. The lowest BCUT2D eigenvalue weighted by Crippen LogP contribution is -2.44. The van der Waals surface area contributed by atoms with Crippen molar-refractivity contribution in [3.05, 3.63) is 59.2 Å². The van der Waals surface area contributed by atoms with Gasteiger partial charge in [0, 0.05) is 11.1 Å². The van der Waals surface area contributed by atoms with Crippen molar-refractivity contribution in [2.45, 2.75) is 5.41 Å². The Balaban J connectivity index is 2.86. The average molecular weight is 406 g/mol. The molecule has 2 rings (SSSR count). The van der Waals surface area contributed by atoms with Gasteiger partial charge in [0.2, 0.25) is 10.5 Å². The Morgan fingerprint density at radius 3 is 1.79 bits per heavy atom. The number of hydrogen-bond donors (Lipinski definition) is 0. The minimum Gasteiger partial charge on any atom is -0.281 e. The molecule has 24 heavy (non-hydrogen) atoms. The van der Waals surface area contributed by atoms with E-state index in [1.165, 1.54) is 0 Å². The standard InChI is InChI=1S/C16H8Cl4O4/c17-12(21)9-6-11(14(19)23)16(15(20)24,7-10(9)13(18)22)8-4-2-1-3-5-8/h1-7,11H. The summed E-state index contributed by atoms with van der Waals surface area (Å²) >= 11 is 22.4. The molecule has 4 nitrogen and oxygen atoms in total. The summed E-state index contributed by atoms with van der Waals surface area (Å²) in [6.45, 7) is 0. The van der Waals surface area contributed by atoms with Crippen LogP contribution < -0.4 is 0 Å².